The van der Waals surface area contributed by atoms with E-state index in [1.807, 2.05) is 35.2 Å². The zero-order valence-electron chi connectivity index (χ0n) is 15.3. The fourth-order valence-electron chi connectivity index (χ4n) is 3.48. The second-order valence-electron chi connectivity index (χ2n) is 6.71. The van der Waals surface area contributed by atoms with E-state index in [1.165, 1.54) is 0 Å². The number of rotatable bonds is 3. The van der Waals surface area contributed by atoms with Crippen LogP contribution in [0.3, 0.4) is 0 Å². The zero-order valence-corrected chi connectivity index (χ0v) is 15.3. The van der Waals surface area contributed by atoms with Gasteiger partial charge in [0.2, 0.25) is 0 Å². The van der Waals surface area contributed by atoms with Gasteiger partial charge in [-0.1, -0.05) is 6.07 Å². The SMILES string of the molecule is O=c1cc(N2CCOCC2)oc2c(Nc3ccc4c(c3)OCCO4)cccc12. The van der Waals surface area contributed by atoms with Crippen LogP contribution in [0.5, 0.6) is 11.5 Å². The number of hydrogen-bond acceptors (Lipinski definition) is 7. The molecule has 28 heavy (non-hydrogen) atoms. The highest BCUT2D eigenvalue weighted by molar-refractivity contribution is 5.91. The lowest BCUT2D eigenvalue weighted by Gasteiger charge is -2.27. The van der Waals surface area contributed by atoms with Crippen molar-refractivity contribution < 1.29 is 18.6 Å². The molecule has 0 unspecified atom stereocenters. The summed E-state index contributed by atoms with van der Waals surface area (Å²) >= 11 is 0. The maximum absolute atomic E-state index is 12.7. The summed E-state index contributed by atoms with van der Waals surface area (Å²) in [5.41, 5.74) is 2.03. The molecule has 2 aromatic carbocycles. The van der Waals surface area contributed by atoms with E-state index in [4.69, 9.17) is 18.6 Å². The maximum atomic E-state index is 12.7. The van der Waals surface area contributed by atoms with E-state index >= 15 is 0 Å². The van der Waals surface area contributed by atoms with Crippen molar-refractivity contribution in [2.45, 2.75) is 0 Å². The van der Waals surface area contributed by atoms with Gasteiger partial charge >= 0.3 is 0 Å². The average molecular weight is 380 g/mol. The molecular formula is C21H20N2O5. The first kappa shape index (κ1) is 16.9. The van der Waals surface area contributed by atoms with E-state index in [0.717, 1.165) is 17.1 Å². The third kappa shape index (κ3) is 3.14. The summed E-state index contributed by atoms with van der Waals surface area (Å²) in [6.45, 7) is 3.73. The van der Waals surface area contributed by atoms with Crippen LogP contribution in [0, 0.1) is 0 Å². The highest BCUT2D eigenvalue weighted by Crippen LogP contribution is 2.35. The highest BCUT2D eigenvalue weighted by atomic mass is 16.6. The summed E-state index contributed by atoms with van der Waals surface area (Å²) in [6.07, 6.45) is 0. The van der Waals surface area contributed by atoms with E-state index in [1.54, 1.807) is 12.1 Å². The Morgan fingerprint density at radius 2 is 1.71 bits per heavy atom. The molecule has 3 heterocycles. The second-order valence-corrected chi connectivity index (χ2v) is 6.71. The minimum absolute atomic E-state index is 0.0615. The summed E-state index contributed by atoms with van der Waals surface area (Å²) in [5.74, 6) is 2.00. The van der Waals surface area contributed by atoms with Crippen molar-refractivity contribution in [2.24, 2.45) is 0 Å². The number of nitrogens with one attached hydrogen (secondary N) is 1. The van der Waals surface area contributed by atoms with Gasteiger partial charge in [-0.05, 0) is 24.3 Å². The lowest BCUT2D eigenvalue weighted by molar-refractivity contribution is 0.121. The van der Waals surface area contributed by atoms with Gasteiger partial charge in [-0.2, -0.15) is 0 Å². The van der Waals surface area contributed by atoms with Crippen molar-refractivity contribution in [3.8, 4) is 11.5 Å². The fraction of sp³-hybridized carbons (Fsp3) is 0.286. The van der Waals surface area contributed by atoms with Crippen molar-refractivity contribution in [2.75, 3.05) is 49.7 Å². The summed E-state index contributed by atoms with van der Waals surface area (Å²) in [5, 5.41) is 3.88. The van der Waals surface area contributed by atoms with Gasteiger partial charge in [-0.15, -0.1) is 0 Å². The van der Waals surface area contributed by atoms with Crippen molar-refractivity contribution in [3.63, 3.8) is 0 Å². The van der Waals surface area contributed by atoms with E-state index in [9.17, 15) is 4.79 Å². The lowest BCUT2D eigenvalue weighted by Crippen LogP contribution is -2.36. The van der Waals surface area contributed by atoms with Crippen LogP contribution in [-0.4, -0.2) is 39.5 Å². The Balaban J connectivity index is 1.53. The standard InChI is InChI=1S/C21H20N2O5/c24-17-13-20(23-6-8-25-9-7-23)28-21-15(17)2-1-3-16(21)22-14-4-5-18-19(12-14)27-11-10-26-18/h1-5,12-13,22H,6-11H2. The first-order valence-corrected chi connectivity index (χ1v) is 9.34. The van der Waals surface area contributed by atoms with Gasteiger partial charge in [-0.25, -0.2) is 0 Å². The largest absolute Gasteiger partial charge is 0.486 e. The summed E-state index contributed by atoms with van der Waals surface area (Å²) in [6, 6.07) is 12.7. The quantitative estimate of drug-likeness (QED) is 0.748. The molecule has 0 atom stereocenters. The Morgan fingerprint density at radius 3 is 2.57 bits per heavy atom. The number of morpholine rings is 1. The molecule has 0 saturated carbocycles. The Bertz CT molecular complexity index is 1070. The molecule has 2 aliphatic rings. The van der Waals surface area contributed by atoms with Crippen LogP contribution < -0.4 is 25.1 Å². The van der Waals surface area contributed by atoms with E-state index < -0.39 is 0 Å². The molecule has 0 aliphatic carbocycles. The van der Waals surface area contributed by atoms with Crippen LogP contribution in [0.1, 0.15) is 0 Å². The van der Waals surface area contributed by atoms with Gasteiger partial charge in [0, 0.05) is 30.9 Å². The summed E-state index contributed by atoms with van der Waals surface area (Å²) < 4.78 is 22.8. The summed E-state index contributed by atoms with van der Waals surface area (Å²) in [4.78, 5) is 14.7. The molecule has 0 amide bonds. The van der Waals surface area contributed by atoms with Gasteiger partial charge in [0.1, 0.15) is 13.2 Å². The molecule has 0 radical (unpaired) electrons. The predicted octanol–water partition coefficient (Wildman–Crippen LogP) is 3.14. The van der Waals surface area contributed by atoms with E-state index in [2.05, 4.69) is 5.32 Å². The smallest absolute Gasteiger partial charge is 0.200 e. The molecule has 1 aromatic heterocycles. The van der Waals surface area contributed by atoms with Crippen molar-refractivity contribution in [3.05, 3.63) is 52.7 Å². The van der Waals surface area contributed by atoms with Gasteiger partial charge in [-0.3, -0.25) is 4.79 Å². The van der Waals surface area contributed by atoms with Crippen LogP contribution in [0.25, 0.3) is 11.0 Å². The number of hydrogen-bond donors (Lipinski definition) is 1. The van der Waals surface area contributed by atoms with Crippen molar-refractivity contribution in [1.82, 2.24) is 0 Å². The van der Waals surface area contributed by atoms with Crippen LogP contribution in [0.4, 0.5) is 17.3 Å². The minimum atomic E-state index is -0.0615. The molecule has 5 rings (SSSR count). The number of para-hydroxylation sites is 1. The first-order chi connectivity index (χ1) is 13.8. The predicted molar refractivity (Wildman–Crippen MR) is 106 cm³/mol. The van der Waals surface area contributed by atoms with Crippen molar-refractivity contribution in [1.29, 1.82) is 0 Å². The molecule has 1 N–H and O–H groups in total. The molecule has 1 fully saturated rings. The number of benzene rings is 2. The molecular weight excluding hydrogens is 360 g/mol. The second kappa shape index (κ2) is 7.09. The Kier molecular flexibility index (Phi) is 4.29. The molecule has 144 valence electrons. The van der Waals surface area contributed by atoms with Crippen molar-refractivity contribution >= 4 is 28.2 Å². The Hall–Kier alpha value is -3.19. The third-order valence-electron chi connectivity index (χ3n) is 4.89. The topological polar surface area (TPSA) is 73.2 Å². The zero-order chi connectivity index (χ0) is 18.9. The normalized spacial score (nSPS) is 16.2. The molecule has 1 saturated heterocycles. The average Bonchev–Trinajstić information content (AvgIpc) is 2.75. The first-order valence-electron chi connectivity index (χ1n) is 9.34. The van der Waals surface area contributed by atoms with E-state index in [-0.39, 0.29) is 5.43 Å². The minimum Gasteiger partial charge on any atom is -0.486 e. The van der Waals surface area contributed by atoms with Gasteiger partial charge in [0.25, 0.3) is 0 Å². The van der Waals surface area contributed by atoms with Gasteiger partial charge in [0.05, 0.1) is 24.3 Å². The maximum Gasteiger partial charge on any atom is 0.200 e. The number of fused-ring (bicyclic) bond motifs is 2. The third-order valence-corrected chi connectivity index (χ3v) is 4.89. The number of anilines is 3. The Morgan fingerprint density at radius 1 is 0.893 bits per heavy atom. The molecule has 2 aliphatic heterocycles. The van der Waals surface area contributed by atoms with E-state index in [0.29, 0.717) is 62.1 Å². The molecule has 7 heteroatoms. The summed E-state index contributed by atoms with van der Waals surface area (Å²) in [7, 11) is 0. The highest BCUT2D eigenvalue weighted by Gasteiger charge is 2.17. The molecule has 7 nitrogen and oxygen atoms in total. The molecule has 3 aromatic rings. The Labute approximate surface area is 161 Å². The van der Waals surface area contributed by atoms with Crippen LogP contribution in [-0.2, 0) is 4.74 Å². The van der Waals surface area contributed by atoms with Crippen LogP contribution >= 0.6 is 0 Å². The number of nitrogens with zero attached hydrogens (tertiary/aromatic N) is 1. The lowest BCUT2D eigenvalue weighted by atomic mass is 10.2. The fourth-order valence-corrected chi connectivity index (χ4v) is 3.48. The molecule has 0 spiro atoms. The number of ether oxygens (including phenoxy) is 3. The van der Waals surface area contributed by atoms with Gasteiger partial charge in [0.15, 0.2) is 28.4 Å². The molecule has 0 bridgehead atoms. The van der Waals surface area contributed by atoms with Crippen LogP contribution in [0.2, 0.25) is 0 Å². The van der Waals surface area contributed by atoms with Crippen LogP contribution in [0.15, 0.2) is 51.7 Å². The monoisotopic (exact) mass is 380 g/mol. The van der Waals surface area contributed by atoms with Gasteiger partial charge < -0.3 is 28.8 Å².